The Labute approximate surface area is 131 Å². The van der Waals surface area contributed by atoms with E-state index in [1.807, 2.05) is 37.4 Å². The van der Waals surface area contributed by atoms with Crippen LogP contribution in [-0.4, -0.2) is 57.1 Å². The molecular weight excluding hydrogens is 280 g/mol. The topological polar surface area (TPSA) is 58.4 Å². The van der Waals surface area contributed by atoms with Crippen LogP contribution in [0.1, 0.15) is 47.9 Å². The number of carbonyl (C=O) groups is 2. The van der Waals surface area contributed by atoms with E-state index in [1.54, 1.807) is 4.90 Å². The fourth-order valence-corrected chi connectivity index (χ4v) is 3.89. The van der Waals surface area contributed by atoms with Gasteiger partial charge in [0.1, 0.15) is 0 Å². The summed E-state index contributed by atoms with van der Waals surface area (Å²) in [5.41, 5.74) is 2.43. The van der Waals surface area contributed by atoms with E-state index >= 15 is 0 Å². The molecule has 3 heterocycles. The Morgan fingerprint density at radius 3 is 2.59 bits per heavy atom. The molecule has 0 N–H and O–H groups in total. The van der Waals surface area contributed by atoms with E-state index < -0.39 is 0 Å². The number of aromatic nitrogens is 2. The van der Waals surface area contributed by atoms with Crippen molar-refractivity contribution in [1.29, 1.82) is 0 Å². The first-order valence-corrected chi connectivity index (χ1v) is 8.04. The Kier molecular flexibility index (Phi) is 3.70. The number of fused-ring (bicyclic) bond motifs is 2. The first-order chi connectivity index (χ1) is 10.4. The summed E-state index contributed by atoms with van der Waals surface area (Å²) in [4.78, 5) is 28.9. The lowest BCUT2D eigenvalue weighted by Crippen LogP contribution is -2.43. The standard InChI is InChI=1S/C16H24N4O2/c1-5-19-11(3)15(10(2)17-19)16(22)20-12-6-7-13(20)9-18(4)14(21)8-12/h12-13H,5-9H2,1-4H3/t12-,13+/m1/s1. The molecule has 2 bridgehead atoms. The Morgan fingerprint density at radius 1 is 1.27 bits per heavy atom. The van der Waals surface area contributed by atoms with Crippen LogP contribution in [0.2, 0.25) is 0 Å². The Hall–Kier alpha value is -1.85. The predicted molar refractivity (Wildman–Crippen MR) is 82.6 cm³/mol. The van der Waals surface area contributed by atoms with E-state index in [4.69, 9.17) is 0 Å². The largest absolute Gasteiger partial charge is 0.344 e. The number of amides is 2. The van der Waals surface area contributed by atoms with Gasteiger partial charge in [0.2, 0.25) is 5.91 Å². The molecule has 0 saturated carbocycles. The van der Waals surface area contributed by atoms with Crippen LogP contribution in [0.15, 0.2) is 0 Å². The highest BCUT2D eigenvalue weighted by molar-refractivity contribution is 5.97. The zero-order valence-corrected chi connectivity index (χ0v) is 13.8. The second kappa shape index (κ2) is 5.41. The van der Waals surface area contributed by atoms with Crippen LogP contribution in [0.25, 0.3) is 0 Å². The van der Waals surface area contributed by atoms with E-state index in [0.29, 0.717) is 13.0 Å². The van der Waals surface area contributed by atoms with Gasteiger partial charge in [-0.1, -0.05) is 0 Å². The zero-order valence-electron chi connectivity index (χ0n) is 13.8. The van der Waals surface area contributed by atoms with Gasteiger partial charge in [0.25, 0.3) is 5.91 Å². The highest BCUT2D eigenvalue weighted by Gasteiger charge is 2.43. The summed E-state index contributed by atoms with van der Waals surface area (Å²) in [6.45, 7) is 7.27. The molecule has 0 aliphatic carbocycles. The average molecular weight is 304 g/mol. The lowest BCUT2D eigenvalue weighted by molar-refractivity contribution is -0.130. The molecule has 2 aliphatic heterocycles. The van der Waals surface area contributed by atoms with Gasteiger partial charge < -0.3 is 9.80 Å². The molecule has 2 amide bonds. The SMILES string of the molecule is CCn1nc(C)c(C(=O)N2[C@@H]3CC[C@H]2CN(C)C(=O)C3)c1C. The lowest BCUT2D eigenvalue weighted by atomic mass is 10.1. The number of hydrogen-bond acceptors (Lipinski definition) is 3. The Morgan fingerprint density at radius 2 is 1.95 bits per heavy atom. The molecule has 3 rings (SSSR count). The number of rotatable bonds is 2. The molecule has 22 heavy (non-hydrogen) atoms. The summed E-state index contributed by atoms with van der Waals surface area (Å²) in [6, 6.07) is 0.177. The zero-order chi connectivity index (χ0) is 16.0. The van der Waals surface area contributed by atoms with Gasteiger partial charge in [-0.05, 0) is 33.6 Å². The number of carbonyl (C=O) groups excluding carboxylic acids is 2. The van der Waals surface area contributed by atoms with Gasteiger partial charge in [-0.2, -0.15) is 5.10 Å². The van der Waals surface area contributed by atoms with Crippen LogP contribution < -0.4 is 0 Å². The normalized spacial score (nSPS) is 24.8. The van der Waals surface area contributed by atoms with E-state index in [1.165, 1.54) is 0 Å². The molecule has 2 fully saturated rings. The summed E-state index contributed by atoms with van der Waals surface area (Å²) < 4.78 is 1.87. The highest BCUT2D eigenvalue weighted by Crippen LogP contribution is 2.32. The second-order valence-corrected chi connectivity index (χ2v) is 6.44. The number of likely N-dealkylation sites (tertiary alicyclic amines) is 1. The molecule has 1 aromatic rings. The molecular formula is C16H24N4O2. The Bertz CT molecular complexity index is 622. The van der Waals surface area contributed by atoms with E-state index in [-0.39, 0.29) is 23.9 Å². The van der Waals surface area contributed by atoms with Gasteiger partial charge in [-0.25, -0.2) is 0 Å². The molecule has 0 radical (unpaired) electrons. The van der Waals surface area contributed by atoms with Crippen molar-refractivity contribution < 1.29 is 9.59 Å². The minimum absolute atomic E-state index is 0.0405. The van der Waals surface area contributed by atoms with Crippen molar-refractivity contribution in [2.24, 2.45) is 0 Å². The van der Waals surface area contributed by atoms with Gasteiger partial charge in [0.05, 0.1) is 11.3 Å². The molecule has 1 aromatic heterocycles. The average Bonchev–Trinajstić information content (AvgIpc) is 2.95. The molecule has 0 aromatic carbocycles. The highest BCUT2D eigenvalue weighted by atomic mass is 16.2. The van der Waals surface area contributed by atoms with Gasteiger partial charge >= 0.3 is 0 Å². The molecule has 2 atom stereocenters. The molecule has 6 heteroatoms. The minimum Gasteiger partial charge on any atom is -0.344 e. The van der Waals surface area contributed by atoms with Crippen molar-refractivity contribution in [3.05, 3.63) is 17.0 Å². The lowest BCUT2D eigenvalue weighted by Gasteiger charge is -2.28. The predicted octanol–water partition coefficient (Wildman–Crippen LogP) is 1.36. The third-order valence-electron chi connectivity index (χ3n) is 5.07. The first-order valence-electron chi connectivity index (χ1n) is 8.04. The molecule has 0 spiro atoms. The van der Waals surface area contributed by atoms with Gasteiger partial charge in [0, 0.05) is 44.3 Å². The smallest absolute Gasteiger partial charge is 0.258 e. The van der Waals surface area contributed by atoms with Gasteiger partial charge in [-0.3, -0.25) is 14.3 Å². The maximum absolute atomic E-state index is 13.1. The van der Waals surface area contributed by atoms with Crippen molar-refractivity contribution in [1.82, 2.24) is 19.6 Å². The summed E-state index contributed by atoms with van der Waals surface area (Å²) >= 11 is 0. The second-order valence-electron chi connectivity index (χ2n) is 6.44. The summed E-state index contributed by atoms with van der Waals surface area (Å²) in [7, 11) is 1.83. The minimum atomic E-state index is 0.0405. The summed E-state index contributed by atoms with van der Waals surface area (Å²) in [5, 5.41) is 4.46. The van der Waals surface area contributed by atoms with Crippen molar-refractivity contribution in [2.45, 2.75) is 58.7 Å². The van der Waals surface area contributed by atoms with Crippen molar-refractivity contribution in [2.75, 3.05) is 13.6 Å². The van der Waals surface area contributed by atoms with Crippen LogP contribution >= 0.6 is 0 Å². The maximum Gasteiger partial charge on any atom is 0.258 e. The van der Waals surface area contributed by atoms with Gasteiger partial charge in [-0.15, -0.1) is 0 Å². The molecule has 2 saturated heterocycles. The van der Waals surface area contributed by atoms with Crippen LogP contribution in [0, 0.1) is 13.8 Å². The molecule has 6 nitrogen and oxygen atoms in total. The van der Waals surface area contributed by atoms with E-state index in [0.717, 1.165) is 36.3 Å². The monoisotopic (exact) mass is 304 g/mol. The molecule has 120 valence electrons. The van der Waals surface area contributed by atoms with Crippen LogP contribution in [0.3, 0.4) is 0 Å². The van der Waals surface area contributed by atoms with Crippen LogP contribution in [-0.2, 0) is 11.3 Å². The van der Waals surface area contributed by atoms with Gasteiger partial charge in [0.15, 0.2) is 0 Å². The first kappa shape index (κ1) is 15.1. The summed E-state index contributed by atoms with van der Waals surface area (Å²) in [6.07, 6.45) is 2.35. The quantitative estimate of drug-likeness (QED) is 0.829. The maximum atomic E-state index is 13.1. The Balaban J connectivity index is 1.95. The van der Waals surface area contributed by atoms with E-state index in [9.17, 15) is 9.59 Å². The summed E-state index contributed by atoms with van der Waals surface area (Å²) in [5.74, 6) is 0.188. The molecule has 2 aliphatic rings. The van der Waals surface area contributed by atoms with Crippen molar-refractivity contribution in [3.8, 4) is 0 Å². The third kappa shape index (κ3) is 2.21. The number of nitrogens with zero attached hydrogens (tertiary/aromatic N) is 4. The fraction of sp³-hybridized carbons (Fsp3) is 0.688. The number of likely N-dealkylation sites (N-methyl/N-ethyl adjacent to an activating group) is 1. The van der Waals surface area contributed by atoms with Crippen molar-refractivity contribution >= 4 is 11.8 Å². The molecule has 0 unspecified atom stereocenters. The fourth-order valence-electron chi connectivity index (χ4n) is 3.89. The van der Waals surface area contributed by atoms with Crippen molar-refractivity contribution in [3.63, 3.8) is 0 Å². The van der Waals surface area contributed by atoms with Crippen LogP contribution in [0.4, 0.5) is 0 Å². The third-order valence-corrected chi connectivity index (χ3v) is 5.07. The number of aryl methyl sites for hydroxylation is 2. The van der Waals surface area contributed by atoms with E-state index in [2.05, 4.69) is 5.10 Å². The van der Waals surface area contributed by atoms with Crippen LogP contribution in [0.5, 0.6) is 0 Å². The number of hydrogen-bond donors (Lipinski definition) is 0.